The number of amides is 1. The van der Waals surface area contributed by atoms with E-state index in [4.69, 9.17) is 19.8 Å². The van der Waals surface area contributed by atoms with E-state index in [9.17, 15) is 13.6 Å². The van der Waals surface area contributed by atoms with Gasteiger partial charge >= 0.3 is 0 Å². The van der Waals surface area contributed by atoms with Crippen LogP contribution in [0.3, 0.4) is 0 Å². The average Bonchev–Trinajstić information content (AvgIpc) is 3.83. The first-order valence-electron chi connectivity index (χ1n) is 13.3. The zero-order chi connectivity index (χ0) is 27.4. The van der Waals surface area contributed by atoms with Crippen LogP contribution in [0.4, 0.5) is 14.5 Å². The first-order chi connectivity index (χ1) is 19.4. The Labute approximate surface area is 236 Å². The van der Waals surface area contributed by atoms with Gasteiger partial charge in [-0.25, -0.2) is 18.2 Å². The second-order valence-corrected chi connectivity index (χ2v) is 12.4. The Bertz CT molecular complexity index is 1490. The summed E-state index contributed by atoms with van der Waals surface area (Å²) in [7, 11) is 0. The number of anilines is 1. The highest BCUT2D eigenvalue weighted by atomic mass is 32.2. The number of hydrogen-bond acceptors (Lipinski definition) is 11. The van der Waals surface area contributed by atoms with Crippen LogP contribution in [0.5, 0.6) is 0 Å². The molecule has 3 aromatic rings. The van der Waals surface area contributed by atoms with Crippen LogP contribution in [0.25, 0.3) is 16.0 Å². The van der Waals surface area contributed by atoms with Crippen molar-refractivity contribution in [2.24, 2.45) is 5.92 Å². The molecule has 2 saturated carbocycles. The maximum Gasteiger partial charge on any atom is 0.291 e. The summed E-state index contributed by atoms with van der Waals surface area (Å²) in [4.78, 5) is 17.8. The molecule has 4 heterocycles. The van der Waals surface area contributed by atoms with Gasteiger partial charge in [0.2, 0.25) is 11.0 Å². The molecule has 1 aromatic carbocycles. The Kier molecular flexibility index (Phi) is 6.53. The van der Waals surface area contributed by atoms with Crippen molar-refractivity contribution in [2.75, 3.05) is 44.3 Å². The minimum atomic E-state index is -2.71. The molecule has 15 heteroatoms. The molecule has 40 heavy (non-hydrogen) atoms. The van der Waals surface area contributed by atoms with Crippen molar-refractivity contribution in [3.8, 4) is 11.4 Å². The molecular weight excluding hydrogens is 562 g/mol. The van der Waals surface area contributed by atoms with Crippen LogP contribution in [0.1, 0.15) is 48.7 Å². The number of nitriles is 1. The highest BCUT2D eigenvalue weighted by molar-refractivity contribution is 7.97. The van der Waals surface area contributed by atoms with Crippen molar-refractivity contribution < 1.29 is 23.0 Å². The molecule has 1 amide bonds. The lowest BCUT2D eigenvalue weighted by Crippen LogP contribution is -2.53. The van der Waals surface area contributed by atoms with Crippen molar-refractivity contribution in [1.82, 2.24) is 29.6 Å². The Hall–Kier alpha value is -3.06. The number of carbonyl (C=O) groups is 1. The van der Waals surface area contributed by atoms with Crippen LogP contribution >= 0.6 is 23.3 Å². The smallest absolute Gasteiger partial charge is 0.291 e. The fourth-order valence-corrected chi connectivity index (χ4v) is 6.66. The zero-order valence-corrected chi connectivity index (χ0v) is 23.0. The van der Waals surface area contributed by atoms with Crippen molar-refractivity contribution in [2.45, 2.75) is 48.6 Å². The molecule has 0 atom stereocenters. The third kappa shape index (κ3) is 4.76. The molecule has 1 N–H and O–H groups in total. The van der Waals surface area contributed by atoms with Gasteiger partial charge in [0.1, 0.15) is 0 Å². The predicted octanol–water partition coefficient (Wildman–Crippen LogP) is 3.57. The van der Waals surface area contributed by atoms with Gasteiger partial charge in [-0.15, -0.1) is 10.2 Å². The van der Waals surface area contributed by atoms with E-state index in [1.807, 2.05) is 11.0 Å². The second-order valence-electron chi connectivity index (χ2n) is 10.6. The first kappa shape index (κ1) is 25.9. The Balaban J connectivity index is 1.26. The number of nitrogens with zero attached hydrogens (tertiary/aromatic N) is 7. The Morgan fingerprint density at radius 3 is 2.60 bits per heavy atom. The SMILES string of the molecule is N#COC1(NSc2cc(N3CCN(C(=O)C4COC4)CC3)c3c(C4CC4)nn(-c4nnc(C(F)F)s4)c3c2)CC1. The predicted molar refractivity (Wildman–Crippen MR) is 142 cm³/mol. The maximum absolute atomic E-state index is 13.4. The number of fused-ring (bicyclic) bond motifs is 1. The Morgan fingerprint density at radius 1 is 1.23 bits per heavy atom. The number of ether oxygens (including phenoxy) is 2. The van der Waals surface area contributed by atoms with E-state index >= 15 is 0 Å². The molecule has 2 aliphatic carbocycles. The van der Waals surface area contributed by atoms with Crippen LogP contribution in [-0.2, 0) is 14.3 Å². The van der Waals surface area contributed by atoms with Gasteiger partial charge in [0.05, 0.1) is 30.3 Å². The largest absolute Gasteiger partial charge is 0.404 e. The lowest BCUT2D eigenvalue weighted by atomic mass is 10.1. The molecule has 4 fully saturated rings. The molecule has 210 valence electrons. The molecule has 0 radical (unpaired) electrons. The number of nitrogens with one attached hydrogen (secondary N) is 1. The number of benzene rings is 1. The van der Waals surface area contributed by atoms with Gasteiger partial charge < -0.3 is 19.3 Å². The molecule has 2 aliphatic heterocycles. The zero-order valence-electron chi connectivity index (χ0n) is 21.4. The molecule has 4 aliphatic rings. The quantitative estimate of drug-likeness (QED) is 0.226. The molecule has 2 saturated heterocycles. The summed E-state index contributed by atoms with van der Waals surface area (Å²) in [6.07, 6.45) is 2.57. The van der Waals surface area contributed by atoms with E-state index in [0.29, 0.717) is 45.3 Å². The van der Waals surface area contributed by atoms with Gasteiger partial charge in [-0.3, -0.25) is 4.79 Å². The number of piperazine rings is 1. The first-order valence-corrected chi connectivity index (χ1v) is 14.9. The summed E-state index contributed by atoms with van der Waals surface area (Å²) < 4.78 is 42.1. The fourth-order valence-electron chi connectivity index (χ4n) is 5.11. The van der Waals surface area contributed by atoms with E-state index < -0.39 is 12.2 Å². The van der Waals surface area contributed by atoms with Gasteiger partial charge in [-0.1, -0.05) is 11.3 Å². The number of alkyl halides is 2. The number of carbonyl (C=O) groups excluding carboxylic acids is 1. The molecule has 2 aromatic heterocycles. The van der Waals surface area contributed by atoms with Gasteiger partial charge in [0.15, 0.2) is 10.7 Å². The lowest BCUT2D eigenvalue weighted by molar-refractivity contribution is -0.150. The molecular formula is C25H26F2N8O3S2. The van der Waals surface area contributed by atoms with E-state index in [2.05, 4.69) is 25.9 Å². The fraction of sp³-hybridized carbons (Fsp3) is 0.560. The summed E-state index contributed by atoms with van der Waals surface area (Å²) in [6, 6.07) is 4.07. The molecule has 7 rings (SSSR count). The molecule has 0 spiro atoms. The second kappa shape index (κ2) is 10.1. The number of rotatable bonds is 9. The highest BCUT2D eigenvalue weighted by Crippen LogP contribution is 2.47. The summed E-state index contributed by atoms with van der Waals surface area (Å²) in [5, 5.41) is 22.6. The van der Waals surface area contributed by atoms with Crippen molar-refractivity contribution in [1.29, 1.82) is 5.26 Å². The van der Waals surface area contributed by atoms with Gasteiger partial charge in [-0.05, 0) is 36.9 Å². The van der Waals surface area contributed by atoms with Crippen LogP contribution in [0.2, 0.25) is 0 Å². The topological polar surface area (TPSA) is 121 Å². The van der Waals surface area contributed by atoms with E-state index in [1.165, 1.54) is 11.9 Å². The normalized spacial score (nSPS) is 20.6. The number of halogens is 2. The van der Waals surface area contributed by atoms with Crippen molar-refractivity contribution in [3.63, 3.8) is 0 Å². The van der Waals surface area contributed by atoms with Crippen molar-refractivity contribution >= 4 is 45.8 Å². The monoisotopic (exact) mass is 588 g/mol. The average molecular weight is 589 g/mol. The summed E-state index contributed by atoms with van der Waals surface area (Å²) in [6.45, 7) is 3.50. The van der Waals surface area contributed by atoms with Crippen LogP contribution in [0, 0.1) is 17.4 Å². The van der Waals surface area contributed by atoms with Crippen LogP contribution in [-0.4, -0.2) is 75.9 Å². The molecule has 11 nitrogen and oxygen atoms in total. The minimum Gasteiger partial charge on any atom is -0.404 e. The van der Waals surface area contributed by atoms with Gasteiger partial charge in [0, 0.05) is 60.9 Å². The third-order valence-electron chi connectivity index (χ3n) is 7.74. The summed E-state index contributed by atoms with van der Waals surface area (Å²) >= 11 is 2.20. The summed E-state index contributed by atoms with van der Waals surface area (Å²) in [5.74, 6) is 0.399. The van der Waals surface area contributed by atoms with E-state index in [1.54, 1.807) is 10.9 Å². The third-order valence-corrected chi connectivity index (χ3v) is 9.60. The van der Waals surface area contributed by atoms with E-state index in [0.717, 1.165) is 64.2 Å². The van der Waals surface area contributed by atoms with E-state index in [-0.39, 0.29) is 22.0 Å². The van der Waals surface area contributed by atoms with Crippen LogP contribution < -0.4 is 9.62 Å². The molecule has 0 bridgehead atoms. The number of hydrogen-bond donors (Lipinski definition) is 1. The van der Waals surface area contributed by atoms with Crippen molar-refractivity contribution in [3.05, 3.63) is 22.8 Å². The number of aromatic nitrogens is 4. The molecule has 0 unspecified atom stereocenters. The minimum absolute atomic E-state index is 0.0424. The summed E-state index contributed by atoms with van der Waals surface area (Å²) in [5.41, 5.74) is 2.01. The van der Waals surface area contributed by atoms with Gasteiger partial charge in [-0.2, -0.15) is 10.4 Å². The Morgan fingerprint density at radius 2 is 2.00 bits per heavy atom. The highest BCUT2D eigenvalue weighted by Gasteiger charge is 2.46. The van der Waals surface area contributed by atoms with Crippen LogP contribution in [0.15, 0.2) is 17.0 Å². The lowest BCUT2D eigenvalue weighted by Gasteiger charge is -2.39. The standard InChI is InChI=1S/C25H26F2N8O3S2/c26-21(27)22-29-30-24(39-22)35-18-10-16(40-32-25(3-4-25)38-13-28)9-17(19(18)20(31-35)14-1-2-14)33-5-7-34(8-6-33)23(36)15-11-37-12-15/h9-10,14-15,21,32H,1-8,11-12H2. The maximum atomic E-state index is 13.4. The van der Waals surface area contributed by atoms with Gasteiger partial charge in [0.25, 0.3) is 12.7 Å².